The third-order valence-electron chi connectivity index (χ3n) is 4.13. The molecule has 0 aromatic heterocycles. The third kappa shape index (κ3) is 3.61. The maximum absolute atomic E-state index is 13.8. The zero-order chi connectivity index (χ0) is 18.0. The zero-order valence-corrected chi connectivity index (χ0v) is 13.2. The van der Waals surface area contributed by atoms with E-state index in [0.717, 1.165) is 6.07 Å². The van der Waals surface area contributed by atoms with Gasteiger partial charge in [-0.25, -0.2) is 4.39 Å². The molecule has 1 heterocycles. The van der Waals surface area contributed by atoms with Crippen molar-refractivity contribution in [3.63, 3.8) is 0 Å². The molecular formula is C18H16F3NO3. The van der Waals surface area contributed by atoms with Crippen LogP contribution in [0.25, 0.3) is 11.1 Å². The molecule has 0 radical (unpaired) electrons. The smallest absolute Gasteiger partial charge is 0.387 e. The average molecular weight is 351 g/mol. The minimum Gasteiger partial charge on any atom is -0.431 e. The third-order valence-corrected chi connectivity index (χ3v) is 4.13. The van der Waals surface area contributed by atoms with Gasteiger partial charge in [-0.2, -0.15) is 8.78 Å². The number of anilines is 1. The van der Waals surface area contributed by atoms with Gasteiger partial charge < -0.3 is 14.7 Å². The predicted molar refractivity (Wildman–Crippen MR) is 86.0 cm³/mol. The monoisotopic (exact) mass is 351 g/mol. The number of aliphatic hydroxyl groups excluding tert-OH is 1. The van der Waals surface area contributed by atoms with E-state index in [4.69, 9.17) is 0 Å². The van der Waals surface area contributed by atoms with E-state index in [1.807, 2.05) is 0 Å². The molecule has 7 heteroatoms. The van der Waals surface area contributed by atoms with Crippen LogP contribution in [0, 0.1) is 11.7 Å². The number of amides is 1. The Hall–Kier alpha value is -2.54. The summed E-state index contributed by atoms with van der Waals surface area (Å²) in [5.41, 5.74) is 1.33. The number of hydrogen-bond donors (Lipinski definition) is 1. The number of nitrogens with zero attached hydrogens (tertiary/aromatic N) is 1. The lowest BCUT2D eigenvalue weighted by Crippen LogP contribution is -2.24. The Balaban J connectivity index is 1.89. The normalized spacial score (nSPS) is 17.4. The lowest BCUT2D eigenvalue weighted by molar-refractivity contribution is -0.117. The number of ether oxygens (including phenoxy) is 1. The van der Waals surface area contributed by atoms with Crippen molar-refractivity contribution in [2.75, 3.05) is 18.1 Å². The molecule has 1 atom stereocenters. The summed E-state index contributed by atoms with van der Waals surface area (Å²) in [4.78, 5) is 13.5. The van der Waals surface area contributed by atoms with Gasteiger partial charge in [-0.1, -0.05) is 24.3 Å². The Morgan fingerprint density at radius 1 is 1.20 bits per heavy atom. The minimum absolute atomic E-state index is 0.0576. The van der Waals surface area contributed by atoms with Gasteiger partial charge in [-0.3, -0.25) is 4.79 Å². The quantitative estimate of drug-likeness (QED) is 0.898. The summed E-state index contributed by atoms with van der Waals surface area (Å²) in [5.74, 6) is -1.56. The van der Waals surface area contributed by atoms with Gasteiger partial charge in [-0.15, -0.1) is 0 Å². The Bertz CT molecular complexity index is 765. The highest BCUT2D eigenvalue weighted by Gasteiger charge is 2.30. The molecule has 0 spiro atoms. The Labute approximate surface area is 142 Å². The lowest BCUT2D eigenvalue weighted by atomic mass is 10.0. The second-order valence-corrected chi connectivity index (χ2v) is 5.80. The first-order valence-corrected chi connectivity index (χ1v) is 7.74. The van der Waals surface area contributed by atoms with Crippen molar-refractivity contribution in [1.82, 2.24) is 0 Å². The summed E-state index contributed by atoms with van der Waals surface area (Å²) in [6, 6.07) is 10.5. The van der Waals surface area contributed by atoms with Gasteiger partial charge in [0.1, 0.15) is 0 Å². The molecule has 2 aromatic carbocycles. The Morgan fingerprint density at radius 3 is 2.52 bits per heavy atom. The summed E-state index contributed by atoms with van der Waals surface area (Å²) in [5, 5.41) is 9.18. The Kier molecular flexibility index (Phi) is 4.94. The van der Waals surface area contributed by atoms with Crippen molar-refractivity contribution in [2.24, 2.45) is 5.92 Å². The van der Waals surface area contributed by atoms with E-state index in [-0.39, 0.29) is 30.4 Å². The minimum atomic E-state index is -3.13. The number of rotatable bonds is 5. The van der Waals surface area contributed by atoms with Crippen LogP contribution in [0.15, 0.2) is 42.5 Å². The fourth-order valence-corrected chi connectivity index (χ4v) is 2.92. The molecule has 1 aliphatic rings. The number of carbonyl (C=O) groups excluding carboxylic acids is 1. The second kappa shape index (κ2) is 7.14. The highest BCUT2D eigenvalue weighted by atomic mass is 19.3. The topological polar surface area (TPSA) is 49.8 Å². The first kappa shape index (κ1) is 17.3. The van der Waals surface area contributed by atoms with Crippen LogP contribution >= 0.6 is 0 Å². The van der Waals surface area contributed by atoms with E-state index in [2.05, 4.69) is 4.74 Å². The van der Waals surface area contributed by atoms with E-state index in [1.165, 1.54) is 12.1 Å². The van der Waals surface area contributed by atoms with Gasteiger partial charge in [0.2, 0.25) is 5.91 Å². The molecule has 3 rings (SSSR count). The fraction of sp³-hybridized carbons (Fsp3) is 0.278. The zero-order valence-electron chi connectivity index (χ0n) is 13.2. The summed E-state index contributed by atoms with van der Waals surface area (Å²) in [6.45, 7) is -2.76. The summed E-state index contributed by atoms with van der Waals surface area (Å²) < 4.78 is 43.2. The van der Waals surface area contributed by atoms with Crippen LogP contribution in [0.1, 0.15) is 6.42 Å². The van der Waals surface area contributed by atoms with Crippen LogP contribution in [0.4, 0.5) is 18.9 Å². The molecule has 4 nitrogen and oxygen atoms in total. The predicted octanol–water partition coefficient (Wildman–Crippen LogP) is 3.44. The van der Waals surface area contributed by atoms with Crippen LogP contribution in [-0.4, -0.2) is 30.8 Å². The van der Waals surface area contributed by atoms with Crippen molar-refractivity contribution in [2.45, 2.75) is 13.0 Å². The van der Waals surface area contributed by atoms with E-state index < -0.39 is 18.2 Å². The van der Waals surface area contributed by atoms with Crippen molar-refractivity contribution < 1.29 is 27.8 Å². The van der Waals surface area contributed by atoms with Crippen LogP contribution in [0.5, 0.6) is 5.75 Å². The molecule has 1 aliphatic heterocycles. The largest absolute Gasteiger partial charge is 0.431 e. The molecule has 1 unspecified atom stereocenters. The maximum atomic E-state index is 13.8. The van der Waals surface area contributed by atoms with Gasteiger partial charge in [0.15, 0.2) is 11.6 Å². The van der Waals surface area contributed by atoms with E-state index >= 15 is 0 Å². The van der Waals surface area contributed by atoms with E-state index in [9.17, 15) is 23.1 Å². The van der Waals surface area contributed by atoms with Gasteiger partial charge >= 0.3 is 6.61 Å². The Morgan fingerprint density at radius 2 is 1.92 bits per heavy atom. The SMILES string of the molecule is O=C1CC(CO)CN1c1ccc(-c2cccc(F)c2OC(F)F)cc1. The summed E-state index contributed by atoms with van der Waals surface area (Å²) in [6.07, 6.45) is 0.286. The standard InChI is InChI=1S/C18H16F3NO3/c19-15-3-1-2-14(17(15)25-18(20)21)12-4-6-13(7-5-12)22-9-11(10-23)8-16(22)24/h1-7,11,18,23H,8-10H2. The highest BCUT2D eigenvalue weighted by Crippen LogP contribution is 2.35. The van der Waals surface area contributed by atoms with Crippen LogP contribution in [0.2, 0.25) is 0 Å². The number of benzene rings is 2. The highest BCUT2D eigenvalue weighted by molar-refractivity contribution is 5.96. The summed E-state index contributed by atoms with van der Waals surface area (Å²) >= 11 is 0. The van der Waals surface area contributed by atoms with Crippen molar-refractivity contribution in [1.29, 1.82) is 0 Å². The van der Waals surface area contributed by atoms with Gasteiger partial charge in [0.25, 0.3) is 0 Å². The average Bonchev–Trinajstić information content (AvgIpc) is 2.97. The van der Waals surface area contributed by atoms with Crippen molar-refractivity contribution in [3.8, 4) is 16.9 Å². The van der Waals surface area contributed by atoms with E-state index in [0.29, 0.717) is 17.8 Å². The van der Waals surface area contributed by atoms with Crippen LogP contribution in [0.3, 0.4) is 0 Å². The molecule has 1 fully saturated rings. The molecule has 2 aromatic rings. The molecule has 132 valence electrons. The summed E-state index contributed by atoms with van der Waals surface area (Å²) in [7, 11) is 0. The maximum Gasteiger partial charge on any atom is 0.387 e. The van der Waals surface area contributed by atoms with Gasteiger partial charge in [-0.05, 0) is 23.8 Å². The molecule has 0 bridgehead atoms. The lowest BCUT2D eigenvalue weighted by Gasteiger charge is -2.17. The number of halogens is 3. The number of hydrogen-bond acceptors (Lipinski definition) is 3. The molecule has 25 heavy (non-hydrogen) atoms. The first-order valence-electron chi connectivity index (χ1n) is 7.74. The first-order chi connectivity index (χ1) is 12.0. The molecule has 1 N–H and O–H groups in total. The van der Waals surface area contributed by atoms with Crippen molar-refractivity contribution >= 4 is 11.6 Å². The number of aliphatic hydroxyl groups is 1. The number of carbonyl (C=O) groups is 1. The molecule has 0 aliphatic carbocycles. The van der Waals surface area contributed by atoms with Gasteiger partial charge in [0.05, 0.1) is 0 Å². The molecule has 1 saturated heterocycles. The molecular weight excluding hydrogens is 335 g/mol. The van der Waals surface area contributed by atoms with Gasteiger partial charge in [0, 0.05) is 36.7 Å². The molecule has 1 amide bonds. The number of para-hydroxylation sites is 1. The van der Waals surface area contributed by atoms with E-state index in [1.54, 1.807) is 29.2 Å². The van der Waals surface area contributed by atoms with Crippen LogP contribution in [-0.2, 0) is 4.79 Å². The number of alkyl halides is 2. The molecule has 0 saturated carbocycles. The van der Waals surface area contributed by atoms with Crippen molar-refractivity contribution in [3.05, 3.63) is 48.3 Å². The fourth-order valence-electron chi connectivity index (χ4n) is 2.92. The second-order valence-electron chi connectivity index (χ2n) is 5.80. The van der Waals surface area contributed by atoms with Crippen LogP contribution < -0.4 is 9.64 Å².